The molecule has 2 aromatic carbocycles. The van der Waals surface area contributed by atoms with E-state index in [1.807, 2.05) is 57.7 Å². The Balaban J connectivity index is 1.22. The van der Waals surface area contributed by atoms with Crippen LogP contribution in [0.1, 0.15) is 33.2 Å². The molecule has 3 heterocycles. The number of hydrogen-bond acceptors (Lipinski definition) is 8. The highest BCUT2D eigenvalue weighted by molar-refractivity contribution is 5.96. The quantitative estimate of drug-likeness (QED) is 0.335. The zero-order valence-electron chi connectivity index (χ0n) is 24.8. The van der Waals surface area contributed by atoms with Crippen molar-refractivity contribution in [3.05, 3.63) is 83.2 Å². The van der Waals surface area contributed by atoms with E-state index in [-0.39, 0.29) is 11.9 Å². The Hall–Kier alpha value is -4.28. The van der Waals surface area contributed by atoms with E-state index in [1.54, 1.807) is 4.68 Å². The van der Waals surface area contributed by atoms with Crippen molar-refractivity contribution in [2.24, 2.45) is 7.05 Å². The SMILES string of the molecule is CN(C)C[C@@H](NC(=O)c1nn(C)c2c1CCc1cnc(Nc3ccc(N4CCN(C)CC4)cc3)nc1-2)c1ccccc1. The van der Waals surface area contributed by atoms with Crippen molar-refractivity contribution in [3.8, 4) is 11.4 Å². The first-order valence-corrected chi connectivity index (χ1v) is 14.6. The standard InChI is InChI=1S/C32H39N9O/c1-38(2)21-27(22-8-6-5-7-9-22)35-31(42)29-26-15-10-23-20-33-32(36-28(23)30(26)40(4)37-29)34-24-11-13-25(14-12-24)41-18-16-39(3)17-19-41/h5-9,11-14,20,27H,10,15-19,21H2,1-4H3,(H,35,42)(H,33,34,36)/t27-/m1/s1. The van der Waals surface area contributed by atoms with Gasteiger partial charge in [-0.15, -0.1) is 0 Å². The van der Waals surface area contributed by atoms with Gasteiger partial charge in [0.2, 0.25) is 5.95 Å². The number of amides is 1. The fourth-order valence-electron chi connectivity index (χ4n) is 5.86. The molecule has 2 aromatic heterocycles. The first kappa shape index (κ1) is 27.9. The molecule has 1 aliphatic carbocycles. The predicted octanol–water partition coefficient (Wildman–Crippen LogP) is 3.50. The summed E-state index contributed by atoms with van der Waals surface area (Å²) in [7, 11) is 8.07. The molecule has 0 saturated carbocycles. The zero-order chi connectivity index (χ0) is 29.2. The van der Waals surface area contributed by atoms with Crippen molar-refractivity contribution in [2.45, 2.75) is 18.9 Å². The lowest BCUT2D eigenvalue weighted by Crippen LogP contribution is -2.44. The number of aryl methyl sites for hydroxylation is 2. The third-order valence-electron chi connectivity index (χ3n) is 8.14. The van der Waals surface area contributed by atoms with Crippen molar-refractivity contribution < 1.29 is 4.79 Å². The van der Waals surface area contributed by atoms with E-state index in [0.717, 1.165) is 66.4 Å². The second-order valence-electron chi connectivity index (χ2n) is 11.5. The maximum absolute atomic E-state index is 13.6. The number of benzene rings is 2. The van der Waals surface area contributed by atoms with Crippen molar-refractivity contribution in [1.29, 1.82) is 0 Å². The van der Waals surface area contributed by atoms with Gasteiger partial charge in [-0.25, -0.2) is 9.97 Å². The number of aromatic nitrogens is 4. The van der Waals surface area contributed by atoms with Crippen LogP contribution in [-0.4, -0.2) is 89.3 Å². The molecule has 2 aliphatic rings. The van der Waals surface area contributed by atoms with E-state index in [9.17, 15) is 4.79 Å². The maximum Gasteiger partial charge on any atom is 0.272 e. The minimum Gasteiger partial charge on any atom is -0.369 e. The van der Waals surface area contributed by atoms with Gasteiger partial charge in [-0.3, -0.25) is 9.48 Å². The van der Waals surface area contributed by atoms with Gasteiger partial charge < -0.3 is 25.3 Å². The van der Waals surface area contributed by atoms with Gasteiger partial charge in [-0.05, 0) is 69.4 Å². The second-order valence-corrected chi connectivity index (χ2v) is 11.5. The van der Waals surface area contributed by atoms with Crippen molar-refractivity contribution in [2.75, 3.05) is 64.1 Å². The Kier molecular flexibility index (Phi) is 7.90. The Labute approximate surface area is 247 Å². The van der Waals surface area contributed by atoms with E-state index in [1.165, 1.54) is 5.69 Å². The molecule has 0 unspecified atom stereocenters. The monoisotopic (exact) mass is 565 g/mol. The number of hydrogen-bond donors (Lipinski definition) is 2. The minimum atomic E-state index is -0.168. The largest absolute Gasteiger partial charge is 0.369 e. The molecule has 218 valence electrons. The van der Waals surface area contributed by atoms with Gasteiger partial charge in [0.25, 0.3) is 5.91 Å². The summed E-state index contributed by atoms with van der Waals surface area (Å²) in [6.07, 6.45) is 3.36. The van der Waals surface area contributed by atoms with Crippen LogP contribution in [0.25, 0.3) is 11.4 Å². The number of nitrogens with zero attached hydrogens (tertiary/aromatic N) is 7. The topological polar surface area (TPSA) is 94.4 Å². The predicted molar refractivity (Wildman–Crippen MR) is 166 cm³/mol. The minimum absolute atomic E-state index is 0.150. The summed E-state index contributed by atoms with van der Waals surface area (Å²) in [6.45, 7) is 4.91. The molecule has 4 aromatic rings. The lowest BCUT2D eigenvalue weighted by molar-refractivity contribution is 0.0923. The number of fused-ring (bicyclic) bond motifs is 3. The lowest BCUT2D eigenvalue weighted by Gasteiger charge is -2.34. The van der Waals surface area contributed by atoms with E-state index >= 15 is 0 Å². The van der Waals surface area contributed by atoms with Crippen molar-refractivity contribution in [3.63, 3.8) is 0 Å². The first-order valence-electron chi connectivity index (χ1n) is 14.6. The summed E-state index contributed by atoms with van der Waals surface area (Å²) in [5.41, 5.74) is 7.38. The van der Waals surface area contributed by atoms with Crippen LogP contribution in [-0.2, 0) is 19.9 Å². The fourth-order valence-corrected chi connectivity index (χ4v) is 5.86. The Morgan fingerprint density at radius 3 is 2.43 bits per heavy atom. The van der Waals surface area contributed by atoms with Gasteiger partial charge in [0.05, 0.1) is 17.4 Å². The van der Waals surface area contributed by atoms with Crippen LogP contribution in [0.5, 0.6) is 0 Å². The van der Waals surface area contributed by atoms with Crippen LogP contribution in [0.4, 0.5) is 17.3 Å². The van der Waals surface area contributed by atoms with Gasteiger partial charge in [0, 0.05) is 62.9 Å². The molecule has 1 fully saturated rings. The molecule has 10 heteroatoms. The van der Waals surface area contributed by atoms with Crippen LogP contribution in [0.15, 0.2) is 60.8 Å². The number of carbonyl (C=O) groups is 1. The molecule has 6 rings (SSSR count). The summed E-state index contributed by atoms with van der Waals surface area (Å²) in [5, 5.41) is 11.3. The van der Waals surface area contributed by atoms with Crippen molar-refractivity contribution in [1.82, 2.24) is 34.9 Å². The Bertz CT molecular complexity index is 1540. The smallest absolute Gasteiger partial charge is 0.272 e. The summed E-state index contributed by atoms with van der Waals surface area (Å²) in [6, 6.07) is 18.4. The summed E-state index contributed by atoms with van der Waals surface area (Å²) < 4.78 is 1.79. The van der Waals surface area contributed by atoms with Gasteiger partial charge >= 0.3 is 0 Å². The van der Waals surface area contributed by atoms with Gasteiger partial charge in [-0.2, -0.15) is 5.10 Å². The normalized spacial score (nSPS) is 15.7. The van der Waals surface area contributed by atoms with Crippen LogP contribution in [0.2, 0.25) is 0 Å². The van der Waals surface area contributed by atoms with Gasteiger partial charge in [-0.1, -0.05) is 30.3 Å². The third-order valence-corrected chi connectivity index (χ3v) is 8.14. The highest BCUT2D eigenvalue weighted by Gasteiger charge is 2.30. The summed E-state index contributed by atoms with van der Waals surface area (Å²) in [5.74, 6) is 0.357. The average Bonchev–Trinajstić information content (AvgIpc) is 3.35. The van der Waals surface area contributed by atoms with E-state index in [4.69, 9.17) is 10.1 Å². The number of carbonyl (C=O) groups excluding carboxylic acids is 1. The fraction of sp³-hybridized carbons (Fsp3) is 0.375. The molecule has 0 spiro atoms. The second kappa shape index (κ2) is 11.9. The molecule has 0 radical (unpaired) electrons. The number of piperazine rings is 1. The highest BCUT2D eigenvalue weighted by atomic mass is 16.2. The molecular weight excluding hydrogens is 526 g/mol. The number of rotatable bonds is 8. The van der Waals surface area contributed by atoms with Gasteiger partial charge in [0.15, 0.2) is 5.69 Å². The number of anilines is 3. The molecule has 0 bridgehead atoms. The molecule has 1 atom stereocenters. The van der Waals surface area contributed by atoms with Crippen molar-refractivity contribution >= 4 is 23.2 Å². The lowest BCUT2D eigenvalue weighted by atomic mass is 9.93. The molecule has 1 amide bonds. The number of likely N-dealkylation sites (N-methyl/N-ethyl adjacent to an activating group) is 2. The maximum atomic E-state index is 13.6. The van der Waals surface area contributed by atoms with Crippen LogP contribution < -0.4 is 15.5 Å². The number of nitrogens with one attached hydrogen (secondary N) is 2. The molecular formula is C32H39N9O. The summed E-state index contributed by atoms with van der Waals surface area (Å²) >= 11 is 0. The van der Waals surface area contributed by atoms with E-state index < -0.39 is 0 Å². The highest BCUT2D eigenvalue weighted by Crippen LogP contribution is 2.34. The zero-order valence-corrected chi connectivity index (χ0v) is 24.8. The van der Waals surface area contributed by atoms with Crippen LogP contribution in [0.3, 0.4) is 0 Å². The third kappa shape index (κ3) is 5.86. The molecule has 2 N–H and O–H groups in total. The van der Waals surface area contributed by atoms with Crippen LogP contribution in [0, 0.1) is 0 Å². The van der Waals surface area contributed by atoms with E-state index in [0.29, 0.717) is 24.6 Å². The van der Waals surface area contributed by atoms with Crippen LogP contribution >= 0.6 is 0 Å². The molecule has 1 saturated heterocycles. The Morgan fingerprint density at radius 2 is 1.71 bits per heavy atom. The average molecular weight is 566 g/mol. The molecule has 10 nitrogen and oxygen atoms in total. The molecule has 1 aliphatic heterocycles. The first-order chi connectivity index (χ1) is 20.4. The van der Waals surface area contributed by atoms with E-state index in [2.05, 4.69) is 61.6 Å². The molecule has 42 heavy (non-hydrogen) atoms. The Morgan fingerprint density at radius 1 is 0.976 bits per heavy atom. The van der Waals surface area contributed by atoms with Gasteiger partial charge in [0.1, 0.15) is 0 Å². The summed E-state index contributed by atoms with van der Waals surface area (Å²) in [4.78, 5) is 30.0.